The van der Waals surface area contributed by atoms with Crippen LogP contribution in [0.4, 0.5) is 11.6 Å². The van der Waals surface area contributed by atoms with Crippen molar-refractivity contribution in [1.82, 2.24) is 19.5 Å². The molecule has 0 amide bonds. The number of nitrogens with zero attached hydrogens (tertiary/aromatic N) is 4. The van der Waals surface area contributed by atoms with Gasteiger partial charge in [-0.25, -0.2) is 15.0 Å². The molecule has 4 N–H and O–H groups in total. The Morgan fingerprint density at radius 2 is 1.78 bits per heavy atom. The highest BCUT2D eigenvalue weighted by atomic mass is 15.1. The molecule has 6 heteroatoms. The summed E-state index contributed by atoms with van der Waals surface area (Å²) in [4.78, 5) is 13.6. The van der Waals surface area contributed by atoms with E-state index in [1.165, 1.54) is 32.1 Å². The molecule has 3 heterocycles. The second kappa shape index (κ2) is 7.18. The van der Waals surface area contributed by atoms with Gasteiger partial charge in [-0.15, -0.1) is 0 Å². The van der Waals surface area contributed by atoms with Gasteiger partial charge in [0.15, 0.2) is 5.65 Å². The molecule has 1 aliphatic carbocycles. The van der Waals surface area contributed by atoms with Crippen LogP contribution >= 0.6 is 0 Å². The summed E-state index contributed by atoms with van der Waals surface area (Å²) in [5.41, 5.74) is 15.3. The maximum Gasteiger partial charge on any atom is 0.160 e. The second-order valence-electron chi connectivity index (χ2n) is 7.87. The van der Waals surface area contributed by atoms with E-state index in [0.717, 1.165) is 46.6 Å². The molecule has 3 aromatic rings. The number of anilines is 2. The van der Waals surface area contributed by atoms with Crippen molar-refractivity contribution < 1.29 is 0 Å². The van der Waals surface area contributed by atoms with Crippen LogP contribution in [0.1, 0.15) is 44.9 Å². The van der Waals surface area contributed by atoms with Crippen molar-refractivity contribution in [3.63, 3.8) is 0 Å². The zero-order chi connectivity index (χ0) is 19.0. The van der Waals surface area contributed by atoms with Crippen molar-refractivity contribution in [3.05, 3.63) is 30.1 Å². The van der Waals surface area contributed by atoms with E-state index >= 15 is 0 Å². The highest BCUT2D eigenvalue weighted by Crippen LogP contribution is 2.33. The van der Waals surface area contributed by atoms with Gasteiger partial charge in [0.2, 0.25) is 0 Å². The molecule has 1 saturated carbocycles. The molecule has 0 saturated heterocycles. The molecule has 1 aliphatic rings. The number of aryl methyl sites for hydroxylation is 2. The first-order chi connectivity index (χ1) is 13.0. The Bertz CT molecular complexity index is 940. The first kappa shape index (κ1) is 17.8. The Morgan fingerprint density at radius 1 is 1.04 bits per heavy atom. The first-order valence-corrected chi connectivity index (χ1v) is 9.88. The third-order valence-corrected chi connectivity index (χ3v) is 5.96. The molecule has 0 bridgehead atoms. The lowest BCUT2D eigenvalue weighted by Crippen LogP contribution is -2.19. The fourth-order valence-electron chi connectivity index (χ4n) is 4.38. The molecule has 2 atom stereocenters. The van der Waals surface area contributed by atoms with Gasteiger partial charge in [-0.3, -0.25) is 0 Å². The average Bonchev–Trinajstić information content (AvgIpc) is 2.94. The number of rotatable bonds is 4. The van der Waals surface area contributed by atoms with E-state index in [-0.39, 0.29) is 0 Å². The Morgan fingerprint density at radius 3 is 2.52 bits per heavy atom. The van der Waals surface area contributed by atoms with E-state index in [1.54, 1.807) is 0 Å². The number of pyridine rings is 2. The highest BCUT2D eigenvalue weighted by molar-refractivity contribution is 5.77. The molecule has 6 nitrogen and oxygen atoms in total. The number of fused-ring (bicyclic) bond motifs is 1. The minimum absolute atomic E-state index is 0.405. The zero-order valence-corrected chi connectivity index (χ0v) is 16.2. The SMILES string of the molecule is Cc1nc2ccc(-c3cc(N)nc(N)c3)nc2n1CCC1CCCCC1C. The number of imidazole rings is 1. The quantitative estimate of drug-likeness (QED) is 0.724. The fraction of sp³-hybridized carbons (Fsp3) is 0.476. The van der Waals surface area contributed by atoms with Gasteiger partial charge in [-0.2, -0.15) is 0 Å². The predicted molar refractivity (Wildman–Crippen MR) is 110 cm³/mol. The zero-order valence-electron chi connectivity index (χ0n) is 16.2. The van der Waals surface area contributed by atoms with Crippen molar-refractivity contribution in [2.45, 2.75) is 52.5 Å². The van der Waals surface area contributed by atoms with Crippen LogP contribution in [0.5, 0.6) is 0 Å². The van der Waals surface area contributed by atoms with Gasteiger partial charge in [0.1, 0.15) is 23.0 Å². The van der Waals surface area contributed by atoms with Gasteiger partial charge >= 0.3 is 0 Å². The van der Waals surface area contributed by atoms with Crippen LogP contribution in [0.3, 0.4) is 0 Å². The molecule has 1 fully saturated rings. The molecule has 142 valence electrons. The summed E-state index contributed by atoms with van der Waals surface area (Å²) < 4.78 is 2.26. The number of nitrogen functional groups attached to an aromatic ring is 2. The van der Waals surface area contributed by atoms with Gasteiger partial charge in [-0.05, 0) is 49.4 Å². The van der Waals surface area contributed by atoms with Gasteiger partial charge in [-0.1, -0.05) is 32.6 Å². The maximum atomic E-state index is 5.85. The summed E-state index contributed by atoms with van der Waals surface area (Å²) in [7, 11) is 0. The van der Waals surface area contributed by atoms with Gasteiger partial charge in [0, 0.05) is 12.1 Å². The van der Waals surface area contributed by atoms with E-state index in [4.69, 9.17) is 21.4 Å². The molecule has 4 rings (SSSR count). The lowest BCUT2D eigenvalue weighted by atomic mass is 9.79. The summed E-state index contributed by atoms with van der Waals surface area (Å²) in [5.74, 6) is 3.45. The van der Waals surface area contributed by atoms with Gasteiger partial charge in [0.05, 0.1) is 5.69 Å². The van der Waals surface area contributed by atoms with Crippen LogP contribution < -0.4 is 11.5 Å². The first-order valence-electron chi connectivity index (χ1n) is 9.88. The van der Waals surface area contributed by atoms with Crippen LogP contribution in [-0.4, -0.2) is 19.5 Å². The van der Waals surface area contributed by atoms with Crippen molar-refractivity contribution >= 4 is 22.8 Å². The normalized spacial score (nSPS) is 20.2. The summed E-state index contributed by atoms with van der Waals surface area (Å²) in [6.07, 6.45) is 6.65. The third-order valence-electron chi connectivity index (χ3n) is 5.96. The Labute approximate surface area is 160 Å². The Kier molecular flexibility index (Phi) is 4.72. The van der Waals surface area contributed by atoms with Gasteiger partial charge in [0.25, 0.3) is 0 Å². The molecule has 3 aromatic heterocycles. The van der Waals surface area contributed by atoms with E-state index in [2.05, 4.69) is 23.4 Å². The number of nitrogens with two attached hydrogens (primary N) is 2. The molecule has 0 radical (unpaired) electrons. The van der Waals surface area contributed by atoms with E-state index in [9.17, 15) is 0 Å². The van der Waals surface area contributed by atoms with E-state index in [1.807, 2.05) is 24.3 Å². The Hall–Kier alpha value is -2.63. The van der Waals surface area contributed by atoms with E-state index in [0.29, 0.717) is 11.6 Å². The monoisotopic (exact) mass is 364 g/mol. The van der Waals surface area contributed by atoms with Crippen LogP contribution in [-0.2, 0) is 6.54 Å². The maximum absolute atomic E-state index is 5.85. The van der Waals surface area contributed by atoms with E-state index < -0.39 is 0 Å². The number of aromatic nitrogens is 4. The topological polar surface area (TPSA) is 95.6 Å². The summed E-state index contributed by atoms with van der Waals surface area (Å²) in [6.45, 7) is 5.43. The molecule has 2 unspecified atom stereocenters. The van der Waals surface area contributed by atoms with Gasteiger partial charge < -0.3 is 16.0 Å². The largest absolute Gasteiger partial charge is 0.384 e. The summed E-state index contributed by atoms with van der Waals surface area (Å²) in [6, 6.07) is 7.61. The molecule has 0 aromatic carbocycles. The molecular formula is C21H28N6. The Balaban J connectivity index is 1.65. The molecule has 27 heavy (non-hydrogen) atoms. The summed E-state index contributed by atoms with van der Waals surface area (Å²) >= 11 is 0. The van der Waals surface area contributed by atoms with Crippen LogP contribution in [0, 0.1) is 18.8 Å². The fourth-order valence-corrected chi connectivity index (χ4v) is 4.38. The van der Waals surface area contributed by atoms with Crippen molar-refractivity contribution in [3.8, 4) is 11.3 Å². The van der Waals surface area contributed by atoms with Crippen molar-refractivity contribution in [2.24, 2.45) is 11.8 Å². The molecular weight excluding hydrogens is 336 g/mol. The van der Waals surface area contributed by atoms with Crippen LogP contribution in [0.25, 0.3) is 22.4 Å². The lowest BCUT2D eigenvalue weighted by Gasteiger charge is -2.28. The predicted octanol–water partition coefficient (Wildman–Crippen LogP) is 4.18. The number of hydrogen-bond acceptors (Lipinski definition) is 5. The minimum Gasteiger partial charge on any atom is -0.384 e. The van der Waals surface area contributed by atoms with Crippen molar-refractivity contribution in [2.75, 3.05) is 11.5 Å². The standard InChI is InChI=1S/C21H28N6/c1-13-5-3-4-6-15(13)9-10-27-14(2)24-18-8-7-17(25-21(18)27)16-11-19(22)26-20(23)12-16/h7-8,11-13,15H,3-6,9-10H2,1-2H3,(H4,22,23,26). The number of hydrogen-bond donors (Lipinski definition) is 2. The second-order valence-corrected chi connectivity index (χ2v) is 7.87. The summed E-state index contributed by atoms with van der Waals surface area (Å²) in [5, 5.41) is 0. The smallest absolute Gasteiger partial charge is 0.160 e. The molecule has 0 spiro atoms. The highest BCUT2D eigenvalue weighted by Gasteiger charge is 2.22. The third kappa shape index (κ3) is 3.61. The molecule has 0 aliphatic heterocycles. The lowest BCUT2D eigenvalue weighted by molar-refractivity contribution is 0.233. The van der Waals surface area contributed by atoms with Crippen LogP contribution in [0.15, 0.2) is 24.3 Å². The minimum atomic E-state index is 0.405. The average molecular weight is 364 g/mol. The van der Waals surface area contributed by atoms with Crippen LogP contribution in [0.2, 0.25) is 0 Å². The van der Waals surface area contributed by atoms with Crippen molar-refractivity contribution in [1.29, 1.82) is 0 Å².